The second kappa shape index (κ2) is 8.04. The van der Waals surface area contributed by atoms with Gasteiger partial charge in [-0.1, -0.05) is 64.5 Å². The van der Waals surface area contributed by atoms with Crippen LogP contribution in [0.4, 0.5) is 0 Å². The number of hydrazone groups is 1. The molecule has 1 atom stereocenters. The zero-order chi connectivity index (χ0) is 21.4. The van der Waals surface area contributed by atoms with Crippen molar-refractivity contribution in [2.45, 2.75) is 12.5 Å². The average Bonchev–Trinajstić information content (AvgIpc) is 3.28. The minimum atomic E-state index is -0.144. The van der Waals surface area contributed by atoms with Gasteiger partial charge in [0.15, 0.2) is 0 Å². The fraction of sp³-hybridized carbons (Fsp3) is 0.120. The molecule has 0 spiro atoms. The van der Waals surface area contributed by atoms with Crippen molar-refractivity contribution in [3.8, 4) is 16.9 Å². The summed E-state index contributed by atoms with van der Waals surface area (Å²) in [5, 5.41) is 5.57. The van der Waals surface area contributed by atoms with Crippen LogP contribution in [0.5, 0.6) is 5.75 Å². The Balaban J connectivity index is 1.67. The van der Waals surface area contributed by atoms with Crippen LogP contribution in [-0.2, 0) is 0 Å². The third-order valence-corrected chi connectivity index (χ3v) is 6.09. The topological polar surface area (TPSA) is 66.5 Å². The number of pyridine rings is 1. The monoisotopic (exact) mass is 473 g/mol. The first kappa shape index (κ1) is 19.6. The van der Waals surface area contributed by atoms with Crippen molar-refractivity contribution < 1.29 is 4.74 Å². The summed E-state index contributed by atoms with van der Waals surface area (Å²) in [7, 11) is 1.66. The highest BCUT2D eigenvalue weighted by Gasteiger charge is 2.28. The van der Waals surface area contributed by atoms with Crippen LogP contribution in [0.3, 0.4) is 0 Å². The number of H-pyrrole nitrogens is 1. The molecule has 0 saturated heterocycles. The molecule has 0 radical (unpaired) electrons. The number of hydrogen-bond acceptors (Lipinski definition) is 4. The van der Waals surface area contributed by atoms with Crippen LogP contribution in [0, 0.1) is 0 Å². The summed E-state index contributed by atoms with van der Waals surface area (Å²) in [4.78, 5) is 16.3. The highest BCUT2D eigenvalue weighted by molar-refractivity contribution is 9.10. The first-order valence-corrected chi connectivity index (χ1v) is 10.8. The largest absolute Gasteiger partial charge is 0.496 e. The Morgan fingerprint density at radius 2 is 1.77 bits per heavy atom. The Morgan fingerprint density at radius 1 is 1.00 bits per heavy atom. The van der Waals surface area contributed by atoms with Gasteiger partial charge in [-0.05, 0) is 29.8 Å². The van der Waals surface area contributed by atoms with Crippen molar-refractivity contribution in [2.24, 2.45) is 5.10 Å². The van der Waals surface area contributed by atoms with E-state index in [2.05, 4.69) is 31.4 Å². The van der Waals surface area contributed by atoms with Gasteiger partial charge >= 0.3 is 0 Å². The lowest BCUT2D eigenvalue weighted by Gasteiger charge is -2.15. The van der Waals surface area contributed by atoms with Gasteiger partial charge in [0.2, 0.25) is 0 Å². The lowest BCUT2D eigenvalue weighted by molar-refractivity contribution is 0.402. The van der Waals surface area contributed by atoms with Gasteiger partial charge in [0, 0.05) is 32.9 Å². The van der Waals surface area contributed by atoms with Gasteiger partial charge in [-0.25, -0.2) is 0 Å². The summed E-state index contributed by atoms with van der Waals surface area (Å²) in [6, 6.07) is 23.7. The van der Waals surface area contributed by atoms with Gasteiger partial charge in [0.05, 0.1) is 24.4 Å². The molecule has 2 N–H and O–H groups in total. The molecule has 1 aliphatic rings. The molecule has 1 aromatic heterocycles. The maximum atomic E-state index is 13.3. The molecule has 2 heterocycles. The van der Waals surface area contributed by atoms with Gasteiger partial charge in [-0.15, -0.1) is 0 Å². The molecular formula is C25H20BrN3O2. The molecular weight excluding hydrogens is 454 g/mol. The van der Waals surface area contributed by atoms with E-state index in [0.717, 1.165) is 43.5 Å². The van der Waals surface area contributed by atoms with Crippen LogP contribution in [0.2, 0.25) is 0 Å². The van der Waals surface area contributed by atoms with E-state index in [-0.39, 0.29) is 11.6 Å². The molecule has 3 aromatic carbocycles. The van der Waals surface area contributed by atoms with Crippen LogP contribution >= 0.6 is 15.9 Å². The lowest BCUT2D eigenvalue weighted by Crippen LogP contribution is -2.20. The van der Waals surface area contributed by atoms with E-state index >= 15 is 0 Å². The molecule has 0 bridgehead atoms. The number of nitrogens with zero attached hydrogens (tertiary/aromatic N) is 1. The second-order valence-electron chi connectivity index (χ2n) is 7.45. The minimum absolute atomic E-state index is 0.0626. The Kier molecular flexibility index (Phi) is 5.08. The van der Waals surface area contributed by atoms with Gasteiger partial charge < -0.3 is 15.1 Å². The summed E-state index contributed by atoms with van der Waals surface area (Å²) in [5.74, 6) is 0.802. The number of halogens is 1. The number of aromatic amines is 1. The summed E-state index contributed by atoms with van der Waals surface area (Å²) in [6.07, 6.45) is 0.586. The van der Waals surface area contributed by atoms with Crippen LogP contribution in [0.1, 0.15) is 23.6 Å². The molecule has 0 saturated carbocycles. The second-order valence-corrected chi connectivity index (χ2v) is 8.36. The molecule has 0 amide bonds. The minimum Gasteiger partial charge on any atom is -0.496 e. The molecule has 31 heavy (non-hydrogen) atoms. The fourth-order valence-electron chi connectivity index (χ4n) is 4.18. The molecule has 154 valence electrons. The SMILES string of the molecule is COc1ccccc1C1CC(c2c(-c3ccccc3)c3cc(Br)ccc3[nH]c2=O)=NN1. The summed E-state index contributed by atoms with van der Waals surface area (Å²) >= 11 is 3.57. The van der Waals surface area contributed by atoms with Crippen molar-refractivity contribution in [3.63, 3.8) is 0 Å². The number of fused-ring (bicyclic) bond motifs is 1. The van der Waals surface area contributed by atoms with Crippen LogP contribution in [0.25, 0.3) is 22.0 Å². The van der Waals surface area contributed by atoms with E-state index in [4.69, 9.17) is 4.74 Å². The van der Waals surface area contributed by atoms with Crippen LogP contribution in [0.15, 0.2) is 87.2 Å². The fourth-order valence-corrected chi connectivity index (χ4v) is 4.54. The van der Waals surface area contributed by atoms with Crippen molar-refractivity contribution in [2.75, 3.05) is 7.11 Å². The lowest BCUT2D eigenvalue weighted by atomic mass is 9.91. The molecule has 6 heteroatoms. The highest BCUT2D eigenvalue weighted by atomic mass is 79.9. The van der Waals surface area contributed by atoms with Crippen molar-refractivity contribution >= 4 is 32.5 Å². The number of para-hydroxylation sites is 1. The van der Waals surface area contributed by atoms with Crippen molar-refractivity contribution in [1.82, 2.24) is 10.4 Å². The maximum Gasteiger partial charge on any atom is 0.258 e. The van der Waals surface area contributed by atoms with Crippen LogP contribution in [-0.4, -0.2) is 17.8 Å². The van der Waals surface area contributed by atoms with E-state index in [1.165, 1.54) is 0 Å². The predicted molar refractivity (Wildman–Crippen MR) is 128 cm³/mol. The summed E-state index contributed by atoms with van der Waals surface area (Å²) in [6.45, 7) is 0. The highest BCUT2D eigenvalue weighted by Crippen LogP contribution is 2.35. The number of hydrogen-bond donors (Lipinski definition) is 2. The molecule has 5 nitrogen and oxygen atoms in total. The van der Waals surface area contributed by atoms with Gasteiger partial charge in [-0.2, -0.15) is 5.10 Å². The molecule has 5 rings (SSSR count). The van der Waals surface area contributed by atoms with Crippen LogP contribution < -0.4 is 15.7 Å². The smallest absolute Gasteiger partial charge is 0.258 e. The summed E-state index contributed by atoms with van der Waals surface area (Å²) < 4.78 is 6.47. The molecule has 1 aliphatic heterocycles. The quantitative estimate of drug-likeness (QED) is 0.416. The Labute approximate surface area is 187 Å². The molecule has 0 aliphatic carbocycles. The normalized spacial score (nSPS) is 15.5. The predicted octanol–water partition coefficient (Wildman–Crippen LogP) is 5.40. The van der Waals surface area contributed by atoms with E-state index in [1.54, 1.807) is 7.11 Å². The maximum absolute atomic E-state index is 13.3. The first-order chi connectivity index (χ1) is 15.2. The number of ether oxygens (including phenoxy) is 1. The molecule has 4 aromatic rings. The molecule has 1 unspecified atom stereocenters. The van der Waals surface area contributed by atoms with Crippen molar-refractivity contribution in [1.29, 1.82) is 0 Å². The number of aromatic nitrogens is 1. The third kappa shape index (κ3) is 3.53. The summed E-state index contributed by atoms with van der Waals surface area (Å²) in [5.41, 5.74) is 8.08. The van der Waals surface area contributed by atoms with E-state index in [1.807, 2.05) is 72.8 Å². The van der Waals surface area contributed by atoms with E-state index < -0.39 is 0 Å². The number of methoxy groups -OCH3 is 1. The van der Waals surface area contributed by atoms with E-state index in [9.17, 15) is 4.79 Å². The van der Waals surface area contributed by atoms with Crippen molar-refractivity contribution in [3.05, 3.63) is 98.7 Å². The third-order valence-electron chi connectivity index (χ3n) is 5.59. The number of benzene rings is 3. The number of rotatable bonds is 4. The Hall–Kier alpha value is -3.38. The van der Waals surface area contributed by atoms with Gasteiger partial charge in [0.1, 0.15) is 5.75 Å². The number of nitrogens with one attached hydrogen (secondary N) is 2. The Bertz CT molecular complexity index is 1360. The Morgan fingerprint density at radius 3 is 2.58 bits per heavy atom. The van der Waals surface area contributed by atoms with Gasteiger partial charge in [0.25, 0.3) is 5.56 Å². The molecule has 0 fully saturated rings. The van der Waals surface area contributed by atoms with Gasteiger partial charge in [-0.3, -0.25) is 4.79 Å². The standard InChI is InChI=1S/C25H20BrN3O2/c1-31-22-10-6-5-9-17(22)20-14-21(29-28-20)24-23(15-7-3-2-4-8-15)18-13-16(26)11-12-19(18)27-25(24)30/h2-13,20,28H,14H2,1H3,(H,27,30). The van der Waals surface area contributed by atoms with E-state index in [0.29, 0.717) is 12.0 Å². The average molecular weight is 474 g/mol. The zero-order valence-electron chi connectivity index (χ0n) is 16.9. The first-order valence-electron chi connectivity index (χ1n) is 10.0. The zero-order valence-corrected chi connectivity index (χ0v) is 18.4.